The maximum atomic E-state index is 2.29. The first kappa shape index (κ1) is 9.66. The zero-order valence-electron chi connectivity index (χ0n) is 8.05. The van der Waals surface area contributed by atoms with Crippen molar-refractivity contribution in [1.82, 2.24) is 0 Å². The molecular weight excluding hydrogens is 164 g/mol. The highest BCUT2D eigenvalue weighted by Gasteiger charge is 1.97. The van der Waals surface area contributed by atoms with Gasteiger partial charge in [-0.05, 0) is 36.3 Å². The Labute approximate surface area is 79.4 Å². The molecule has 0 N–H and O–H groups in total. The molecule has 0 fully saturated rings. The van der Waals surface area contributed by atoms with Crippen molar-refractivity contribution in [1.29, 1.82) is 0 Å². The Balaban J connectivity index is 2.87. The predicted octanol–water partition coefficient (Wildman–Crippen LogP) is 3.67. The summed E-state index contributed by atoms with van der Waals surface area (Å²) in [6.45, 7) is 6.58. The van der Waals surface area contributed by atoms with E-state index in [2.05, 4.69) is 39.0 Å². The van der Waals surface area contributed by atoms with E-state index in [1.54, 1.807) is 0 Å². The molecule has 0 saturated carbocycles. The van der Waals surface area contributed by atoms with Crippen LogP contribution >= 0.6 is 11.8 Å². The average molecular weight is 180 g/mol. The Bertz CT molecular complexity index is 253. The fourth-order valence-corrected chi connectivity index (χ4v) is 2.01. The van der Waals surface area contributed by atoms with Gasteiger partial charge in [-0.15, -0.1) is 11.8 Å². The first-order chi connectivity index (χ1) is 5.77. The summed E-state index contributed by atoms with van der Waals surface area (Å²) in [6, 6.07) is 6.76. The van der Waals surface area contributed by atoms with Crippen LogP contribution in [0.15, 0.2) is 23.1 Å². The lowest BCUT2D eigenvalue weighted by Gasteiger charge is -2.05. The average Bonchev–Trinajstić information content (AvgIpc) is 2.09. The van der Waals surface area contributed by atoms with Crippen molar-refractivity contribution in [3.05, 3.63) is 29.3 Å². The van der Waals surface area contributed by atoms with Crippen molar-refractivity contribution in [2.24, 2.45) is 0 Å². The largest absolute Gasteiger partial charge is 0.126 e. The molecular formula is C11H16S. The van der Waals surface area contributed by atoms with Crippen molar-refractivity contribution in [3.63, 3.8) is 0 Å². The Hall–Kier alpha value is -0.430. The van der Waals surface area contributed by atoms with Gasteiger partial charge in [-0.2, -0.15) is 0 Å². The van der Waals surface area contributed by atoms with Crippen LogP contribution in [0.25, 0.3) is 0 Å². The van der Waals surface area contributed by atoms with Gasteiger partial charge in [0.15, 0.2) is 0 Å². The number of thioether (sulfide) groups is 1. The third-order valence-corrected chi connectivity index (χ3v) is 3.01. The molecule has 0 aliphatic heterocycles. The molecule has 12 heavy (non-hydrogen) atoms. The van der Waals surface area contributed by atoms with Crippen molar-refractivity contribution in [2.45, 2.75) is 32.1 Å². The molecule has 0 saturated heterocycles. The lowest BCUT2D eigenvalue weighted by molar-refractivity contribution is 1.11. The van der Waals surface area contributed by atoms with Crippen LogP contribution < -0.4 is 0 Å². The van der Waals surface area contributed by atoms with Crippen molar-refractivity contribution in [3.8, 4) is 0 Å². The van der Waals surface area contributed by atoms with E-state index in [4.69, 9.17) is 0 Å². The second-order valence-corrected chi connectivity index (χ2v) is 4.19. The maximum absolute atomic E-state index is 2.29. The maximum Gasteiger partial charge on any atom is 0.0101 e. The molecule has 0 bridgehead atoms. The molecule has 0 spiro atoms. The standard InChI is InChI=1S/C11H16S/c1-4-10-6-7-11(12-5-2)9(3)8-10/h6-8H,4-5H2,1-3H3. The van der Waals surface area contributed by atoms with E-state index in [0.717, 1.165) is 12.2 Å². The molecule has 0 heterocycles. The van der Waals surface area contributed by atoms with Crippen LogP contribution in [0.2, 0.25) is 0 Å². The van der Waals surface area contributed by atoms with Crippen LogP contribution in [0.4, 0.5) is 0 Å². The third-order valence-electron chi connectivity index (χ3n) is 1.95. The second kappa shape index (κ2) is 4.56. The quantitative estimate of drug-likeness (QED) is 0.640. The highest BCUT2D eigenvalue weighted by Crippen LogP contribution is 2.22. The summed E-state index contributed by atoms with van der Waals surface area (Å²) in [6.07, 6.45) is 1.14. The molecule has 0 atom stereocenters. The minimum atomic E-state index is 1.14. The number of rotatable bonds is 3. The van der Waals surface area contributed by atoms with Gasteiger partial charge in [-0.3, -0.25) is 0 Å². The predicted molar refractivity (Wildman–Crippen MR) is 57.0 cm³/mol. The summed E-state index contributed by atoms with van der Waals surface area (Å²) in [5, 5.41) is 0. The van der Waals surface area contributed by atoms with Gasteiger partial charge in [0, 0.05) is 4.90 Å². The molecule has 1 rings (SSSR count). The number of hydrogen-bond acceptors (Lipinski definition) is 1. The Morgan fingerprint density at radius 1 is 1.25 bits per heavy atom. The molecule has 0 radical (unpaired) electrons. The van der Waals surface area contributed by atoms with E-state index < -0.39 is 0 Å². The van der Waals surface area contributed by atoms with Gasteiger partial charge in [0.1, 0.15) is 0 Å². The molecule has 0 aliphatic rings. The summed E-state index contributed by atoms with van der Waals surface area (Å²) < 4.78 is 0. The van der Waals surface area contributed by atoms with Gasteiger partial charge in [-0.25, -0.2) is 0 Å². The Morgan fingerprint density at radius 2 is 2.00 bits per heavy atom. The van der Waals surface area contributed by atoms with Crippen LogP contribution in [0.1, 0.15) is 25.0 Å². The molecule has 0 aliphatic carbocycles. The Kier molecular flexibility index (Phi) is 3.67. The molecule has 0 unspecified atom stereocenters. The zero-order valence-corrected chi connectivity index (χ0v) is 8.87. The molecule has 0 amide bonds. The van der Waals surface area contributed by atoms with Crippen LogP contribution in [-0.4, -0.2) is 5.75 Å². The van der Waals surface area contributed by atoms with E-state index in [1.807, 2.05) is 11.8 Å². The first-order valence-corrected chi connectivity index (χ1v) is 5.48. The van der Waals surface area contributed by atoms with Gasteiger partial charge < -0.3 is 0 Å². The molecule has 0 aromatic heterocycles. The highest BCUT2D eigenvalue weighted by molar-refractivity contribution is 7.99. The fraction of sp³-hybridized carbons (Fsp3) is 0.455. The lowest BCUT2D eigenvalue weighted by Crippen LogP contribution is -1.84. The smallest absolute Gasteiger partial charge is 0.0101 e. The monoisotopic (exact) mass is 180 g/mol. The molecule has 66 valence electrons. The van der Waals surface area contributed by atoms with Gasteiger partial charge in [0.2, 0.25) is 0 Å². The topological polar surface area (TPSA) is 0 Å². The van der Waals surface area contributed by atoms with E-state index in [-0.39, 0.29) is 0 Å². The van der Waals surface area contributed by atoms with Gasteiger partial charge in [0.25, 0.3) is 0 Å². The van der Waals surface area contributed by atoms with Gasteiger partial charge in [0.05, 0.1) is 0 Å². The summed E-state index contributed by atoms with van der Waals surface area (Å²) in [5.74, 6) is 1.16. The normalized spacial score (nSPS) is 10.2. The molecule has 0 nitrogen and oxygen atoms in total. The van der Waals surface area contributed by atoms with E-state index in [9.17, 15) is 0 Å². The number of benzene rings is 1. The van der Waals surface area contributed by atoms with Gasteiger partial charge >= 0.3 is 0 Å². The van der Waals surface area contributed by atoms with Crippen LogP contribution in [0.5, 0.6) is 0 Å². The SMILES string of the molecule is CCSc1ccc(CC)cc1C. The summed E-state index contributed by atoms with van der Waals surface area (Å²) >= 11 is 1.92. The van der Waals surface area contributed by atoms with Crippen molar-refractivity contribution in [2.75, 3.05) is 5.75 Å². The fourth-order valence-electron chi connectivity index (χ4n) is 1.25. The third kappa shape index (κ3) is 2.28. The van der Waals surface area contributed by atoms with Crippen LogP contribution in [0, 0.1) is 6.92 Å². The van der Waals surface area contributed by atoms with Crippen LogP contribution in [-0.2, 0) is 6.42 Å². The highest BCUT2D eigenvalue weighted by atomic mass is 32.2. The minimum Gasteiger partial charge on any atom is -0.126 e. The van der Waals surface area contributed by atoms with Gasteiger partial charge in [-0.1, -0.05) is 26.0 Å². The van der Waals surface area contributed by atoms with E-state index in [0.29, 0.717) is 0 Å². The molecule has 1 aromatic rings. The number of hydrogen-bond donors (Lipinski definition) is 0. The first-order valence-electron chi connectivity index (χ1n) is 4.50. The summed E-state index contributed by atoms with van der Waals surface area (Å²) in [7, 11) is 0. The number of aryl methyl sites for hydroxylation is 2. The van der Waals surface area contributed by atoms with Crippen molar-refractivity contribution < 1.29 is 0 Å². The van der Waals surface area contributed by atoms with E-state index >= 15 is 0 Å². The summed E-state index contributed by atoms with van der Waals surface area (Å²) in [5.41, 5.74) is 2.86. The molecule has 1 heteroatoms. The zero-order chi connectivity index (χ0) is 8.97. The summed E-state index contributed by atoms with van der Waals surface area (Å²) in [4.78, 5) is 1.43. The Morgan fingerprint density at radius 3 is 2.50 bits per heavy atom. The van der Waals surface area contributed by atoms with Crippen LogP contribution in [0.3, 0.4) is 0 Å². The second-order valence-electron chi connectivity index (χ2n) is 2.89. The lowest BCUT2D eigenvalue weighted by atomic mass is 10.1. The van der Waals surface area contributed by atoms with E-state index in [1.165, 1.54) is 16.0 Å². The molecule has 1 aromatic carbocycles. The minimum absolute atomic E-state index is 1.14. The van der Waals surface area contributed by atoms with Crippen molar-refractivity contribution >= 4 is 11.8 Å².